The van der Waals surface area contributed by atoms with Crippen LogP contribution in [0.15, 0.2) is 65.1 Å². The molecule has 0 aliphatic heterocycles. The molecule has 0 aliphatic rings. The molecule has 0 radical (unpaired) electrons. The number of hydrogen-bond acceptors (Lipinski definition) is 2. The Morgan fingerprint density at radius 3 is 2.55 bits per heavy atom. The van der Waals surface area contributed by atoms with Gasteiger partial charge in [0.1, 0.15) is 11.5 Å². The van der Waals surface area contributed by atoms with Crippen molar-refractivity contribution in [1.29, 1.82) is 0 Å². The Labute approximate surface area is 126 Å². The molecule has 0 heterocycles. The van der Waals surface area contributed by atoms with Crippen molar-refractivity contribution in [2.45, 2.75) is 6.54 Å². The standard InChI is InChI=1S/C17H14BrNO/c18-14-8-9-16(13(10-14)11-19)20-17-7-3-5-12-4-1-2-6-15(12)17/h1-10H,11,19H2. The molecule has 0 amide bonds. The van der Waals surface area contributed by atoms with Crippen LogP contribution in [0.1, 0.15) is 5.56 Å². The molecule has 0 unspecified atom stereocenters. The summed E-state index contributed by atoms with van der Waals surface area (Å²) in [7, 11) is 0. The summed E-state index contributed by atoms with van der Waals surface area (Å²) in [5.74, 6) is 1.65. The van der Waals surface area contributed by atoms with Crippen LogP contribution in [0.2, 0.25) is 0 Å². The molecule has 2 N–H and O–H groups in total. The van der Waals surface area contributed by atoms with Crippen molar-refractivity contribution < 1.29 is 4.74 Å². The minimum atomic E-state index is 0.444. The SMILES string of the molecule is NCc1cc(Br)ccc1Oc1cccc2ccccc12. The number of fused-ring (bicyclic) bond motifs is 1. The quantitative estimate of drug-likeness (QED) is 0.746. The van der Waals surface area contributed by atoms with E-state index in [2.05, 4.69) is 34.1 Å². The van der Waals surface area contributed by atoms with Crippen LogP contribution in [0.3, 0.4) is 0 Å². The van der Waals surface area contributed by atoms with Gasteiger partial charge in [0.15, 0.2) is 0 Å². The molecule has 3 aromatic rings. The van der Waals surface area contributed by atoms with Crippen LogP contribution in [-0.4, -0.2) is 0 Å². The Kier molecular flexibility index (Phi) is 3.72. The molecule has 0 fully saturated rings. The lowest BCUT2D eigenvalue weighted by Crippen LogP contribution is -1.99. The second-order valence-electron chi connectivity index (χ2n) is 4.54. The van der Waals surface area contributed by atoms with Gasteiger partial charge in [-0.3, -0.25) is 0 Å². The smallest absolute Gasteiger partial charge is 0.135 e. The van der Waals surface area contributed by atoms with Crippen LogP contribution in [0, 0.1) is 0 Å². The lowest BCUT2D eigenvalue weighted by Gasteiger charge is -2.12. The highest BCUT2D eigenvalue weighted by Gasteiger charge is 2.07. The van der Waals surface area contributed by atoms with Crippen LogP contribution in [0.4, 0.5) is 0 Å². The summed E-state index contributed by atoms with van der Waals surface area (Å²) < 4.78 is 7.07. The van der Waals surface area contributed by atoms with Gasteiger partial charge >= 0.3 is 0 Å². The average Bonchev–Trinajstić information content (AvgIpc) is 2.49. The first-order valence-electron chi connectivity index (χ1n) is 6.42. The summed E-state index contributed by atoms with van der Waals surface area (Å²) >= 11 is 3.45. The number of hydrogen-bond donors (Lipinski definition) is 1. The Hall–Kier alpha value is -1.84. The molecule has 3 heteroatoms. The zero-order valence-electron chi connectivity index (χ0n) is 10.8. The van der Waals surface area contributed by atoms with Gasteiger partial charge in [-0.1, -0.05) is 52.3 Å². The lowest BCUT2D eigenvalue weighted by molar-refractivity contribution is 0.482. The van der Waals surface area contributed by atoms with E-state index in [9.17, 15) is 0 Å². The van der Waals surface area contributed by atoms with E-state index in [0.717, 1.165) is 32.3 Å². The predicted octanol–water partition coefficient (Wildman–Crippen LogP) is 4.85. The average molecular weight is 328 g/mol. The number of nitrogens with two attached hydrogens (primary N) is 1. The maximum atomic E-state index is 6.07. The number of halogens is 1. The first-order chi connectivity index (χ1) is 9.78. The van der Waals surface area contributed by atoms with Crippen molar-refractivity contribution in [2.75, 3.05) is 0 Å². The Balaban J connectivity index is 2.05. The molecule has 100 valence electrons. The number of ether oxygens (including phenoxy) is 1. The molecule has 0 saturated carbocycles. The zero-order valence-corrected chi connectivity index (χ0v) is 12.4. The van der Waals surface area contributed by atoms with E-state index in [4.69, 9.17) is 10.5 Å². The summed E-state index contributed by atoms with van der Waals surface area (Å²) in [6.45, 7) is 0.444. The van der Waals surface area contributed by atoms with Gasteiger partial charge in [-0.25, -0.2) is 0 Å². The minimum Gasteiger partial charge on any atom is -0.456 e. The molecule has 0 aliphatic carbocycles. The Bertz CT molecular complexity index is 750. The minimum absolute atomic E-state index is 0.444. The Morgan fingerprint density at radius 1 is 0.900 bits per heavy atom. The summed E-state index contributed by atoms with van der Waals surface area (Å²) in [5.41, 5.74) is 6.76. The maximum absolute atomic E-state index is 6.07. The molecule has 0 aromatic heterocycles. The molecule has 0 spiro atoms. The van der Waals surface area contributed by atoms with Gasteiger partial charge in [0, 0.05) is 22.0 Å². The first kappa shape index (κ1) is 13.2. The van der Waals surface area contributed by atoms with Gasteiger partial charge in [0.2, 0.25) is 0 Å². The normalized spacial score (nSPS) is 10.7. The van der Waals surface area contributed by atoms with Crippen molar-refractivity contribution in [3.8, 4) is 11.5 Å². The third-order valence-corrected chi connectivity index (χ3v) is 3.71. The molecular weight excluding hydrogens is 314 g/mol. The van der Waals surface area contributed by atoms with Crippen molar-refractivity contribution >= 4 is 26.7 Å². The fraction of sp³-hybridized carbons (Fsp3) is 0.0588. The van der Waals surface area contributed by atoms with Crippen molar-refractivity contribution in [3.05, 3.63) is 70.7 Å². The van der Waals surface area contributed by atoms with Gasteiger partial charge in [0.25, 0.3) is 0 Å². The fourth-order valence-electron chi connectivity index (χ4n) is 2.21. The molecule has 0 atom stereocenters. The van der Waals surface area contributed by atoms with Crippen LogP contribution < -0.4 is 10.5 Å². The summed E-state index contributed by atoms with van der Waals surface area (Å²) in [5, 5.41) is 2.26. The zero-order chi connectivity index (χ0) is 13.9. The third-order valence-electron chi connectivity index (χ3n) is 3.21. The van der Waals surface area contributed by atoms with E-state index >= 15 is 0 Å². The molecule has 0 bridgehead atoms. The molecule has 2 nitrogen and oxygen atoms in total. The summed E-state index contributed by atoms with van der Waals surface area (Å²) in [4.78, 5) is 0. The van der Waals surface area contributed by atoms with Gasteiger partial charge < -0.3 is 10.5 Å². The maximum Gasteiger partial charge on any atom is 0.135 e. The van der Waals surface area contributed by atoms with Crippen LogP contribution in [0.5, 0.6) is 11.5 Å². The Morgan fingerprint density at radius 2 is 1.70 bits per heavy atom. The second kappa shape index (κ2) is 5.65. The van der Waals surface area contributed by atoms with Gasteiger partial charge in [-0.2, -0.15) is 0 Å². The second-order valence-corrected chi connectivity index (χ2v) is 5.45. The molecular formula is C17H14BrNO. The van der Waals surface area contributed by atoms with E-state index < -0.39 is 0 Å². The first-order valence-corrected chi connectivity index (χ1v) is 7.21. The molecule has 20 heavy (non-hydrogen) atoms. The van der Waals surface area contributed by atoms with E-state index in [-0.39, 0.29) is 0 Å². The molecule has 3 aromatic carbocycles. The largest absolute Gasteiger partial charge is 0.456 e. The lowest BCUT2D eigenvalue weighted by atomic mass is 10.1. The fourth-order valence-corrected chi connectivity index (χ4v) is 2.62. The summed E-state index contributed by atoms with van der Waals surface area (Å²) in [6, 6.07) is 20.1. The van der Waals surface area contributed by atoms with Crippen LogP contribution in [-0.2, 0) is 6.54 Å². The highest BCUT2D eigenvalue weighted by atomic mass is 79.9. The van der Waals surface area contributed by atoms with Crippen molar-refractivity contribution in [3.63, 3.8) is 0 Å². The summed E-state index contributed by atoms with van der Waals surface area (Å²) in [6.07, 6.45) is 0. The molecule has 3 rings (SSSR count). The monoisotopic (exact) mass is 327 g/mol. The number of benzene rings is 3. The van der Waals surface area contributed by atoms with Crippen LogP contribution in [0.25, 0.3) is 10.8 Å². The van der Waals surface area contributed by atoms with Crippen molar-refractivity contribution in [1.82, 2.24) is 0 Å². The van der Waals surface area contributed by atoms with E-state index in [1.54, 1.807) is 0 Å². The topological polar surface area (TPSA) is 35.2 Å². The van der Waals surface area contributed by atoms with Gasteiger partial charge in [-0.05, 0) is 29.7 Å². The van der Waals surface area contributed by atoms with Gasteiger partial charge in [0.05, 0.1) is 0 Å². The molecule has 0 saturated heterocycles. The highest BCUT2D eigenvalue weighted by molar-refractivity contribution is 9.10. The third kappa shape index (κ3) is 2.55. The predicted molar refractivity (Wildman–Crippen MR) is 86.1 cm³/mol. The van der Waals surface area contributed by atoms with E-state index in [0.29, 0.717) is 6.54 Å². The van der Waals surface area contributed by atoms with E-state index in [1.807, 2.05) is 42.5 Å². The highest BCUT2D eigenvalue weighted by Crippen LogP contribution is 2.32. The van der Waals surface area contributed by atoms with Crippen molar-refractivity contribution in [2.24, 2.45) is 5.73 Å². The number of rotatable bonds is 3. The van der Waals surface area contributed by atoms with Crippen LogP contribution >= 0.6 is 15.9 Å². The van der Waals surface area contributed by atoms with Gasteiger partial charge in [-0.15, -0.1) is 0 Å². The van der Waals surface area contributed by atoms with E-state index in [1.165, 1.54) is 0 Å².